The summed E-state index contributed by atoms with van der Waals surface area (Å²) in [4.78, 5) is 22.0. The van der Waals surface area contributed by atoms with E-state index < -0.39 is 32.4 Å². The monoisotopic (exact) mass is 408 g/mol. The Morgan fingerprint density at radius 3 is 2.47 bits per heavy atom. The minimum atomic E-state index is -1.45. The molecule has 0 bridgehead atoms. The van der Waals surface area contributed by atoms with Crippen molar-refractivity contribution in [2.24, 2.45) is 0 Å². The molecule has 8 heteroatoms. The van der Waals surface area contributed by atoms with E-state index in [-0.39, 0.29) is 0 Å². The van der Waals surface area contributed by atoms with Crippen LogP contribution >= 0.6 is 47.8 Å². The quantitative estimate of drug-likeness (QED) is 0.556. The van der Waals surface area contributed by atoms with Gasteiger partial charge in [-0.25, -0.2) is 4.79 Å². The van der Waals surface area contributed by atoms with Crippen molar-refractivity contribution in [2.45, 2.75) is 27.4 Å². The van der Waals surface area contributed by atoms with Gasteiger partial charge < -0.3 is 14.6 Å². The van der Waals surface area contributed by atoms with E-state index in [2.05, 4.69) is 47.8 Å². The summed E-state index contributed by atoms with van der Waals surface area (Å²) >= 11 is 9.40. The molecule has 0 aromatic heterocycles. The van der Waals surface area contributed by atoms with Gasteiger partial charge in [-0.05, 0) is 6.92 Å². The van der Waals surface area contributed by atoms with Crippen LogP contribution in [-0.2, 0) is 19.1 Å². The standard InChI is InChI=1S/C7H7Br3O5/c1-6(2-3(11)12)4(13)14-5(15-6)7(8,9)10/h5H,2H2,1H3,(H,11,12). The van der Waals surface area contributed by atoms with Crippen LogP contribution in [0.25, 0.3) is 0 Å². The second kappa shape index (κ2) is 4.31. The summed E-state index contributed by atoms with van der Waals surface area (Å²) in [5.74, 6) is -1.82. The Kier molecular flexibility index (Phi) is 3.85. The molecular formula is C7H7Br3O5. The highest BCUT2D eigenvalue weighted by Crippen LogP contribution is 2.44. The number of carbonyl (C=O) groups is 2. The van der Waals surface area contributed by atoms with Gasteiger partial charge >= 0.3 is 11.9 Å². The summed E-state index contributed by atoms with van der Waals surface area (Å²) in [6.45, 7) is 1.38. The lowest BCUT2D eigenvalue weighted by Crippen LogP contribution is -2.36. The molecule has 86 valence electrons. The van der Waals surface area contributed by atoms with Crippen molar-refractivity contribution in [3.8, 4) is 0 Å². The summed E-state index contributed by atoms with van der Waals surface area (Å²) < 4.78 is 9.20. The molecule has 1 fully saturated rings. The molecule has 5 nitrogen and oxygen atoms in total. The van der Waals surface area contributed by atoms with E-state index >= 15 is 0 Å². The van der Waals surface area contributed by atoms with E-state index in [1.807, 2.05) is 0 Å². The number of alkyl halides is 3. The topological polar surface area (TPSA) is 72.8 Å². The number of hydrogen-bond donors (Lipinski definition) is 1. The molecule has 2 unspecified atom stereocenters. The molecule has 2 atom stereocenters. The zero-order valence-electron chi connectivity index (χ0n) is 7.50. The maximum Gasteiger partial charge on any atom is 0.341 e. The van der Waals surface area contributed by atoms with Gasteiger partial charge in [0.05, 0.1) is 6.42 Å². The van der Waals surface area contributed by atoms with E-state index in [1.54, 1.807) is 0 Å². The van der Waals surface area contributed by atoms with Crippen molar-refractivity contribution in [3.05, 3.63) is 0 Å². The van der Waals surface area contributed by atoms with Gasteiger partial charge in [0.1, 0.15) is 0 Å². The summed E-state index contributed by atoms with van der Waals surface area (Å²) in [5, 5.41) is 8.62. The van der Waals surface area contributed by atoms with Crippen LogP contribution in [0.1, 0.15) is 13.3 Å². The average molecular weight is 411 g/mol. The molecule has 15 heavy (non-hydrogen) atoms. The van der Waals surface area contributed by atoms with Crippen molar-refractivity contribution in [3.63, 3.8) is 0 Å². The molecule has 0 radical (unpaired) electrons. The Morgan fingerprint density at radius 2 is 2.13 bits per heavy atom. The smallest absolute Gasteiger partial charge is 0.341 e. The van der Waals surface area contributed by atoms with Gasteiger partial charge in [0.15, 0.2) is 7.74 Å². The molecule has 1 heterocycles. The predicted octanol–water partition coefficient (Wildman–Crippen LogP) is 1.96. The third-order valence-electron chi connectivity index (χ3n) is 1.77. The average Bonchev–Trinajstić information content (AvgIpc) is 2.25. The summed E-state index contributed by atoms with van der Waals surface area (Å²) in [6, 6.07) is 0. The Bertz CT molecular complexity index is 299. The minimum Gasteiger partial charge on any atom is -0.481 e. The van der Waals surface area contributed by atoms with Gasteiger partial charge in [-0.1, -0.05) is 47.8 Å². The number of hydrogen-bond acceptors (Lipinski definition) is 4. The number of carbonyl (C=O) groups excluding carboxylic acids is 1. The first-order valence-electron chi connectivity index (χ1n) is 3.82. The highest BCUT2D eigenvalue weighted by Gasteiger charge is 2.53. The SMILES string of the molecule is CC1(CC(=O)O)OC(C(Br)(Br)Br)OC1=O. The molecule has 0 aromatic carbocycles. The summed E-state index contributed by atoms with van der Waals surface area (Å²) in [5.41, 5.74) is -1.45. The number of cyclic esters (lactones) is 1. The normalized spacial score (nSPS) is 31.5. The van der Waals surface area contributed by atoms with Gasteiger partial charge in [0, 0.05) is 0 Å². The number of carboxylic acid groups (broad SMARTS) is 1. The fraction of sp³-hybridized carbons (Fsp3) is 0.714. The lowest BCUT2D eigenvalue weighted by Gasteiger charge is -2.21. The Morgan fingerprint density at radius 1 is 1.60 bits per heavy atom. The lowest BCUT2D eigenvalue weighted by atomic mass is 10.0. The lowest BCUT2D eigenvalue weighted by molar-refractivity contribution is -0.151. The first-order chi connectivity index (χ1) is 6.65. The molecule has 1 rings (SSSR count). The van der Waals surface area contributed by atoms with Crippen molar-refractivity contribution < 1.29 is 24.2 Å². The molecule has 0 aromatic rings. The molecule has 0 spiro atoms. The van der Waals surface area contributed by atoms with E-state index in [9.17, 15) is 9.59 Å². The molecule has 1 aliphatic rings. The van der Waals surface area contributed by atoms with Crippen molar-refractivity contribution in [1.29, 1.82) is 0 Å². The van der Waals surface area contributed by atoms with Gasteiger partial charge in [-0.15, -0.1) is 0 Å². The Balaban J connectivity index is 2.80. The fourth-order valence-electron chi connectivity index (χ4n) is 1.07. The fourth-order valence-corrected chi connectivity index (χ4v) is 1.63. The molecule has 1 N–H and O–H groups in total. The minimum absolute atomic E-state index is 0.439. The summed E-state index contributed by atoms with van der Waals surface area (Å²) in [7, 11) is 0. The third kappa shape index (κ3) is 3.15. The highest BCUT2D eigenvalue weighted by molar-refractivity contribution is 9.39. The zero-order valence-corrected chi connectivity index (χ0v) is 12.3. The number of aliphatic carboxylic acids is 1. The second-order valence-electron chi connectivity index (χ2n) is 3.20. The largest absolute Gasteiger partial charge is 0.481 e. The third-order valence-corrected chi connectivity index (χ3v) is 2.89. The highest BCUT2D eigenvalue weighted by atomic mass is 80.0. The molecule has 1 aliphatic heterocycles. The van der Waals surface area contributed by atoms with Crippen LogP contribution in [0, 0.1) is 0 Å². The zero-order chi connectivity index (χ0) is 11.9. The van der Waals surface area contributed by atoms with Crippen molar-refractivity contribution in [2.75, 3.05) is 0 Å². The first kappa shape index (κ1) is 13.4. The first-order valence-corrected chi connectivity index (χ1v) is 6.20. The molecule has 0 amide bonds. The van der Waals surface area contributed by atoms with Crippen LogP contribution in [0.3, 0.4) is 0 Å². The molecule has 0 aliphatic carbocycles. The van der Waals surface area contributed by atoms with Crippen LogP contribution in [-0.4, -0.2) is 31.1 Å². The van der Waals surface area contributed by atoms with E-state index in [0.29, 0.717) is 0 Å². The van der Waals surface area contributed by atoms with Gasteiger partial charge in [0.25, 0.3) is 0 Å². The van der Waals surface area contributed by atoms with Gasteiger partial charge in [0.2, 0.25) is 6.29 Å². The van der Waals surface area contributed by atoms with Crippen LogP contribution in [0.4, 0.5) is 0 Å². The molecular weight excluding hydrogens is 404 g/mol. The van der Waals surface area contributed by atoms with Crippen molar-refractivity contribution in [1.82, 2.24) is 0 Å². The predicted molar refractivity (Wildman–Crippen MR) is 61.1 cm³/mol. The Labute approximate surface area is 111 Å². The van der Waals surface area contributed by atoms with Crippen LogP contribution in [0.15, 0.2) is 0 Å². The van der Waals surface area contributed by atoms with Gasteiger partial charge in [-0.2, -0.15) is 0 Å². The van der Waals surface area contributed by atoms with Crippen LogP contribution in [0.5, 0.6) is 0 Å². The molecule has 1 saturated heterocycles. The maximum absolute atomic E-state index is 11.4. The van der Waals surface area contributed by atoms with E-state index in [1.165, 1.54) is 6.92 Å². The van der Waals surface area contributed by atoms with E-state index in [4.69, 9.17) is 14.6 Å². The van der Waals surface area contributed by atoms with Crippen LogP contribution < -0.4 is 0 Å². The van der Waals surface area contributed by atoms with Gasteiger partial charge in [-0.3, -0.25) is 4.79 Å². The van der Waals surface area contributed by atoms with Crippen molar-refractivity contribution >= 4 is 59.7 Å². The molecule has 0 saturated carbocycles. The number of ether oxygens (including phenoxy) is 2. The summed E-state index contributed by atoms with van der Waals surface area (Å²) in [6.07, 6.45) is -1.37. The number of halogens is 3. The van der Waals surface area contributed by atoms with E-state index in [0.717, 1.165) is 0 Å². The second-order valence-corrected chi connectivity index (χ2v) is 10.1. The Hall–Kier alpha value is 0.340. The maximum atomic E-state index is 11.4. The van der Waals surface area contributed by atoms with Crippen LogP contribution in [0.2, 0.25) is 0 Å². The number of carboxylic acids is 1. The number of rotatable bonds is 2. The number of esters is 1.